The number of nitrogens with two attached hydrogens (primary N) is 1. The summed E-state index contributed by atoms with van der Waals surface area (Å²) in [7, 11) is 0. The molecule has 1 unspecified atom stereocenters. The summed E-state index contributed by atoms with van der Waals surface area (Å²) in [5.41, 5.74) is 6.90. The predicted molar refractivity (Wildman–Crippen MR) is 74.5 cm³/mol. The zero-order chi connectivity index (χ0) is 15.2. The van der Waals surface area contributed by atoms with Gasteiger partial charge in [-0.05, 0) is 37.8 Å². The third-order valence-electron chi connectivity index (χ3n) is 3.97. The standard InChI is InChI=1S/C15H16F3N3/c1-9(10-2-3-10)21-8-13(19)14(20-21)11-4-6-12(7-5-11)15(16,17)18/h4-10H,2-3,19H2,1H3. The largest absolute Gasteiger partial charge is 0.416 e. The first-order valence-electron chi connectivity index (χ1n) is 6.88. The van der Waals surface area contributed by atoms with E-state index >= 15 is 0 Å². The van der Waals surface area contributed by atoms with Crippen molar-refractivity contribution < 1.29 is 13.2 Å². The van der Waals surface area contributed by atoms with Gasteiger partial charge in [-0.1, -0.05) is 12.1 Å². The number of nitrogens with zero attached hydrogens (tertiary/aromatic N) is 2. The van der Waals surface area contributed by atoms with Gasteiger partial charge in [0.15, 0.2) is 0 Å². The van der Waals surface area contributed by atoms with E-state index in [-0.39, 0.29) is 6.04 Å². The molecule has 0 saturated heterocycles. The molecule has 1 aliphatic rings. The molecule has 1 fully saturated rings. The maximum atomic E-state index is 12.6. The summed E-state index contributed by atoms with van der Waals surface area (Å²) in [5.74, 6) is 0.629. The monoisotopic (exact) mass is 295 g/mol. The summed E-state index contributed by atoms with van der Waals surface area (Å²) < 4.78 is 39.5. The highest BCUT2D eigenvalue weighted by Gasteiger charge is 2.31. The lowest BCUT2D eigenvalue weighted by atomic mass is 10.1. The maximum Gasteiger partial charge on any atom is 0.416 e. The molecule has 0 radical (unpaired) electrons. The van der Waals surface area contributed by atoms with Crippen molar-refractivity contribution in [2.45, 2.75) is 32.0 Å². The van der Waals surface area contributed by atoms with Crippen LogP contribution in [0.5, 0.6) is 0 Å². The van der Waals surface area contributed by atoms with Gasteiger partial charge in [0.1, 0.15) is 5.69 Å². The molecule has 0 aliphatic heterocycles. The molecule has 0 bridgehead atoms. The van der Waals surface area contributed by atoms with Crippen molar-refractivity contribution in [3.8, 4) is 11.3 Å². The molecule has 112 valence electrons. The van der Waals surface area contributed by atoms with E-state index in [1.807, 2.05) is 4.68 Å². The van der Waals surface area contributed by atoms with Crippen molar-refractivity contribution in [3.63, 3.8) is 0 Å². The first-order valence-corrected chi connectivity index (χ1v) is 6.88. The smallest absolute Gasteiger partial charge is 0.396 e. The number of nitrogen functional groups attached to an aromatic ring is 1. The average molecular weight is 295 g/mol. The van der Waals surface area contributed by atoms with Gasteiger partial charge in [-0.15, -0.1) is 0 Å². The lowest BCUT2D eigenvalue weighted by molar-refractivity contribution is -0.137. The Balaban J connectivity index is 1.89. The molecular formula is C15H16F3N3. The Labute approximate surface area is 120 Å². The Bertz CT molecular complexity index is 639. The van der Waals surface area contributed by atoms with Crippen molar-refractivity contribution in [3.05, 3.63) is 36.0 Å². The zero-order valence-corrected chi connectivity index (χ0v) is 11.6. The summed E-state index contributed by atoms with van der Waals surface area (Å²) >= 11 is 0. The molecule has 1 aromatic heterocycles. The summed E-state index contributed by atoms with van der Waals surface area (Å²) in [6.07, 6.45) is -0.187. The summed E-state index contributed by atoms with van der Waals surface area (Å²) in [6, 6.07) is 5.20. The average Bonchev–Trinajstić information content (AvgIpc) is 3.20. The summed E-state index contributed by atoms with van der Waals surface area (Å²) in [5, 5.41) is 4.44. The van der Waals surface area contributed by atoms with Gasteiger partial charge in [0, 0.05) is 11.8 Å². The van der Waals surface area contributed by atoms with Crippen LogP contribution in [0.2, 0.25) is 0 Å². The van der Waals surface area contributed by atoms with Crippen LogP contribution in [-0.2, 0) is 6.18 Å². The minimum atomic E-state index is -4.33. The molecule has 1 aromatic carbocycles. The van der Waals surface area contributed by atoms with Crippen molar-refractivity contribution >= 4 is 5.69 Å². The van der Waals surface area contributed by atoms with Gasteiger partial charge >= 0.3 is 6.18 Å². The molecule has 0 spiro atoms. The number of benzene rings is 1. The molecule has 1 saturated carbocycles. The van der Waals surface area contributed by atoms with Crippen LogP contribution in [0.25, 0.3) is 11.3 Å². The number of hydrogen-bond acceptors (Lipinski definition) is 2. The van der Waals surface area contributed by atoms with Gasteiger partial charge in [0.25, 0.3) is 0 Å². The molecule has 21 heavy (non-hydrogen) atoms. The van der Waals surface area contributed by atoms with Crippen molar-refractivity contribution in [1.82, 2.24) is 9.78 Å². The third-order valence-corrected chi connectivity index (χ3v) is 3.97. The fourth-order valence-corrected chi connectivity index (χ4v) is 2.45. The van der Waals surface area contributed by atoms with E-state index in [4.69, 9.17) is 5.73 Å². The van der Waals surface area contributed by atoms with Gasteiger partial charge in [-0.25, -0.2) is 0 Å². The fourth-order valence-electron chi connectivity index (χ4n) is 2.45. The number of halogens is 3. The molecule has 1 atom stereocenters. The van der Waals surface area contributed by atoms with Crippen LogP contribution in [0, 0.1) is 5.92 Å². The second kappa shape index (κ2) is 4.79. The van der Waals surface area contributed by atoms with E-state index in [2.05, 4.69) is 12.0 Å². The third kappa shape index (κ3) is 2.75. The molecule has 3 rings (SSSR count). The SMILES string of the molecule is CC(C1CC1)n1cc(N)c(-c2ccc(C(F)(F)F)cc2)n1. The quantitative estimate of drug-likeness (QED) is 0.925. The van der Waals surface area contributed by atoms with E-state index < -0.39 is 11.7 Å². The first-order chi connectivity index (χ1) is 9.86. The Hall–Kier alpha value is -1.98. The molecule has 1 heterocycles. The van der Waals surface area contributed by atoms with Crippen molar-refractivity contribution in [2.75, 3.05) is 5.73 Å². The Morgan fingerprint density at radius 2 is 1.86 bits per heavy atom. The number of anilines is 1. The molecule has 2 N–H and O–H groups in total. The van der Waals surface area contributed by atoms with Crippen LogP contribution in [0.1, 0.15) is 31.4 Å². The van der Waals surface area contributed by atoms with E-state index in [1.165, 1.54) is 25.0 Å². The molecule has 6 heteroatoms. The van der Waals surface area contributed by atoms with E-state index in [0.717, 1.165) is 12.1 Å². The van der Waals surface area contributed by atoms with Gasteiger partial charge in [-0.3, -0.25) is 4.68 Å². The number of aromatic nitrogens is 2. The van der Waals surface area contributed by atoms with Gasteiger partial charge in [0.2, 0.25) is 0 Å². The predicted octanol–water partition coefficient (Wildman–Crippen LogP) is 4.12. The maximum absolute atomic E-state index is 12.6. The minimum Gasteiger partial charge on any atom is -0.396 e. The summed E-state index contributed by atoms with van der Waals surface area (Å²) in [6.45, 7) is 2.08. The lowest BCUT2D eigenvalue weighted by Gasteiger charge is -2.10. The van der Waals surface area contributed by atoms with Gasteiger partial charge < -0.3 is 5.73 Å². The fraction of sp³-hybridized carbons (Fsp3) is 0.400. The highest BCUT2D eigenvalue weighted by molar-refractivity contribution is 5.72. The van der Waals surface area contributed by atoms with Crippen LogP contribution in [0.4, 0.5) is 18.9 Å². The lowest BCUT2D eigenvalue weighted by Crippen LogP contribution is -2.07. The molecule has 0 amide bonds. The highest BCUT2D eigenvalue weighted by Crippen LogP contribution is 2.40. The van der Waals surface area contributed by atoms with E-state index in [1.54, 1.807) is 6.20 Å². The second-order valence-corrected chi connectivity index (χ2v) is 5.57. The van der Waals surface area contributed by atoms with Crippen LogP contribution in [0.15, 0.2) is 30.5 Å². The van der Waals surface area contributed by atoms with Crippen LogP contribution in [-0.4, -0.2) is 9.78 Å². The van der Waals surface area contributed by atoms with Crippen LogP contribution >= 0.6 is 0 Å². The highest BCUT2D eigenvalue weighted by atomic mass is 19.4. The normalized spacial score (nSPS) is 17.0. The Morgan fingerprint density at radius 3 is 2.38 bits per heavy atom. The zero-order valence-electron chi connectivity index (χ0n) is 11.6. The topological polar surface area (TPSA) is 43.8 Å². The van der Waals surface area contributed by atoms with Gasteiger partial charge in [-0.2, -0.15) is 18.3 Å². The Morgan fingerprint density at radius 1 is 1.24 bits per heavy atom. The number of hydrogen-bond donors (Lipinski definition) is 1. The Kier molecular flexibility index (Phi) is 3.19. The molecule has 2 aromatic rings. The second-order valence-electron chi connectivity index (χ2n) is 5.57. The number of alkyl halides is 3. The minimum absolute atomic E-state index is 0.274. The molecule has 1 aliphatic carbocycles. The number of rotatable bonds is 3. The molecule has 3 nitrogen and oxygen atoms in total. The van der Waals surface area contributed by atoms with Crippen molar-refractivity contribution in [1.29, 1.82) is 0 Å². The first kappa shape index (κ1) is 14.0. The summed E-state index contributed by atoms with van der Waals surface area (Å²) in [4.78, 5) is 0. The molecular weight excluding hydrogens is 279 g/mol. The van der Waals surface area contributed by atoms with Crippen LogP contribution in [0.3, 0.4) is 0 Å². The van der Waals surface area contributed by atoms with E-state index in [9.17, 15) is 13.2 Å². The van der Waals surface area contributed by atoms with Crippen LogP contribution < -0.4 is 5.73 Å². The van der Waals surface area contributed by atoms with Gasteiger partial charge in [0.05, 0.1) is 17.3 Å². The van der Waals surface area contributed by atoms with Crippen molar-refractivity contribution in [2.24, 2.45) is 5.92 Å². The van der Waals surface area contributed by atoms with E-state index in [0.29, 0.717) is 22.9 Å².